The van der Waals surface area contributed by atoms with Crippen LogP contribution in [0.1, 0.15) is 0 Å². The maximum absolute atomic E-state index is 5.44. The highest BCUT2D eigenvalue weighted by Gasteiger charge is 2.01. The van der Waals surface area contributed by atoms with Crippen LogP contribution in [0.15, 0.2) is 36.9 Å². The van der Waals surface area contributed by atoms with Crippen LogP contribution >= 0.6 is 0 Å². The van der Waals surface area contributed by atoms with Gasteiger partial charge in [-0.2, -0.15) is 0 Å². The van der Waals surface area contributed by atoms with Crippen molar-refractivity contribution >= 4 is 17.0 Å². The molecule has 0 bridgehead atoms. The van der Waals surface area contributed by atoms with E-state index in [0.717, 1.165) is 22.2 Å². The molecule has 78 valence electrons. The van der Waals surface area contributed by atoms with Crippen LogP contribution in [0.2, 0.25) is 0 Å². The van der Waals surface area contributed by atoms with Crippen LogP contribution in [0.4, 0.5) is 5.95 Å². The molecule has 1 aromatic carbocycles. The van der Waals surface area contributed by atoms with Crippen LogP contribution in [-0.2, 0) is 0 Å². The predicted molar refractivity (Wildman–Crippen MR) is 61.5 cm³/mol. The highest BCUT2D eigenvalue weighted by atomic mass is 15.0. The molecule has 0 unspecified atom stereocenters. The number of fused-ring (bicyclic) bond motifs is 1. The summed E-state index contributed by atoms with van der Waals surface area (Å²) in [6.07, 6.45) is 5.09. The molecule has 2 heterocycles. The van der Waals surface area contributed by atoms with Gasteiger partial charge in [0.15, 0.2) is 0 Å². The Kier molecular flexibility index (Phi) is 1.83. The quantitative estimate of drug-likeness (QED) is 0.640. The van der Waals surface area contributed by atoms with Crippen LogP contribution in [0.3, 0.4) is 0 Å². The highest BCUT2D eigenvalue weighted by Crippen LogP contribution is 2.21. The van der Waals surface area contributed by atoms with Crippen LogP contribution in [-0.4, -0.2) is 19.9 Å². The van der Waals surface area contributed by atoms with E-state index in [-0.39, 0.29) is 5.95 Å². The molecule has 16 heavy (non-hydrogen) atoms. The van der Waals surface area contributed by atoms with Gasteiger partial charge in [0.05, 0.1) is 17.4 Å². The van der Waals surface area contributed by atoms with E-state index in [1.165, 1.54) is 0 Å². The van der Waals surface area contributed by atoms with E-state index in [9.17, 15) is 0 Å². The molecule has 5 heteroatoms. The van der Waals surface area contributed by atoms with Crippen molar-refractivity contribution in [2.45, 2.75) is 0 Å². The summed E-state index contributed by atoms with van der Waals surface area (Å²) < 4.78 is 0. The Balaban J connectivity index is 2.14. The van der Waals surface area contributed by atoms with Gasteiger partial charge in [-0.25, -0.2) is 15.0 Å². The number of anilines is 1. The van der Waals surface area contributed by atoms with E-state index in [0.29, 0.717) is 0 Å². The van der Waals surface area contributed by atoms with Gasteiger partial charge in [0.1, 0.15) is 0 Å². The molecular weight excluding hydrogens is 202 g/mol. The Bertz CT molecular complexity index is 626. The number of nitrogens with one attached hydrogen (secondary N) is 1. The minimum Gasteiger partial charge on any atom is -0.368 e. The van der Waals surface area contributed by atoms with E-state index >= 15 is 0 Å². The van der Waals surface area contributed by atoms with Crippen molar-refractivity contribution in [2.24, 2.45) is 0 Å². The largest absolute Gasteiger partial charge is 0.368 e. The summed E-state index contributed by atoms with van der Waals surface area (Å²) in [4.78, 5) is 15.2. The molecule has 0 spiro atoms. The molecule has 0 fully saturated rings. The molecule has 0 saturated carbocycles. The Morgan fingerprint density at radius 2 is 1.81 bits per heavy atom. The number of hydrogen-bond donors (Lipinski definition) is 2. The number of aromatic amines is 1. The zero-order valence-corrected chi connectivity index (χ0v) is 8.38. The summed E-state index contributed by atoms with van der Waals surface area (Å²) >= 11 is 0. The van der Waals surface area contributed by atoms with E-state index in [1.54, 1.807) is 18.7 Å². The standard InChI is InChI=1S/C11H9N5/c12-11-13-4-8(5-14-11)7-1-2-9-10(3-7)16-6-15-9/h1-6H,(H,15,16)(H2,12,13,14). The van der Waals surface area contributed by atoms with Gasteiger partial charge in [0.2, 0.25) is 5.95 Å². The fourth-order valence-electron chi connectivity index (χ4n) is 1.60. The molecule has 0 atom stereocenters. The molecule has 0 saturated heterocycles. The lowest BCUT2D eigenvalue weighted by atomic mass is 10.1. The van der Waals surface area contributed by atoms with E-state index in [4.69, 9.17) is 5.73 Å². The van der Waals surface area contributed by atoms with Crippen LogP contribution in [0, 0.1) is 0 Å². The van der Waals surface area contributed by atoms with Gasteiger partial charge < -0.3 is 10.7 Å². The summed E-state index contributed by atoms with van der Waals surface area (Å²) in [5.41, 5.74) is 9.35. The number of aromatic nitrogens is 4. The average Bonchev–Trinajstić information content (AvgIpc) is 2.77. The zero-order valence-electron chi connectivity index (χ0n) is 8.38. The highest BCUT2D eigenvalue weighted by molar-refractivity contribution is 5.81. The Labute approximate surface area is 91.4 Å². The average molecular weight is 211 g/mol. The number of imidazole rings is 1. The van der Waals surface area contributed by atoms with Gasteiger partial charge in [-0.3, -0.25) is 0 Å². The monoisotopic (exact) mass is 211 g/mol. The lowest BCUT2D eigenvalue weighted by molar-refractivity contribution is 1.19. The Morgan fingerprint density at radius 1 is 1.00 bits per heavy atom. The van der Waals surface area contributed by atoms with E-state index in [2.05, 4.69) is 19.9 Å². The van der Waals surface area contributed by atoms with Crippen molar-refractivity contribution < 1.29 is 0 Å². The molecule has 3 aromatic rings. The minimum atomic E-state index is 0.284. The summed E-state index contributed by atoms with van der Waals surface area (Å²) in [6.45, 7) is 0. The number of H-pyrrole nitrogens is 1. The van der Waals surface area contributed by atoms with Crippen LogP contribution < -0.4 is 5.73 Å². The van der Waals surface area contributed by atoms with E-state index < -0.39 is 0 Å². The van der Waals surface area contributed by atoms with Gasteiger partial charge in [0, 0.05) is 18.0 Å². The minimum absolute atomic E-state index is 0.284. The predicted octanol–water partition coefficient (Wildman–Crippen LogP) is 1.60. The van der Waals surface area contributed by atoms with Gasteiger partial charge >= 0.3 is 0 Å². The second-order valence-corrected chi connectivity index (χ2v) is 3.46. The summed E-state index contributed by atoms with van der Waals surface area (Å²) in [7, 11) is 0. The molecule has 0 aliphatic heterocycles. The van der Waals surface area contributed by atoms with Crippen molar-refractivity contribution in [2.75, 3.05) is 5.73 Å². The molecule has 5 nitrogen and oxygen atoms in total. The molecule has 3 rings (SSSR count). The first kappa shape index (κ1) is 8.84. The molecule has 0 amide bonds. The zero-order chi connectivity index (χ0) is 11.0. The molecular formula is C11H9N5. The first-order valence-corrected chi connectivity index (χ1v) is 4.84. The van der Waals surface area contributed by atoms with E-state index in [1.807, 2.05) is 18.2 Å². The van der Waals surface area contributed by atoms with Crippen molar-refractivity contribution in [3.8, 4) is 11.1 Å². The Morgan fingerprint density at radius 3 is 2.62 bits per heavy atom. The SMILES string of the molecule is Nc1ncc(-c2ccc3nc[nH]c3c2)cn1. The fraction of sp³-hybridized carbons (Fsp3) is 0. The third kappa shape index (κ3) is 1.38. The van der Waals surface area contributed by atoms with Crippen molar-refractivity contribution in [3.05, 3.63) is 36.9 Å². The molecule has 0 radical (unpaired) electrons. The molecule has 2 aromatic heterocycles. The maximum Gasteiger partial charge on any atom is 0.219 e. The van der Waals surface area contributed by atoms with Crippen LogP contribution in [0.5, 0.6) is 0 Å². The Hall–Kier alpha value is -2.43. The van der Waals surface area contributed by atoms with Gasteiger partial charge in [-0.15, -0.1) is 0 Å². The number of hydrogen-bond acceptors (Lipinski definition) is 4. The van der Waals surface area contributed by atoms with Gasteiger partial charge in [-0.1, -0.05) is 6.07 Å². The van der Waals surface area contributed by atoms with Crippen LogP contribution in [0.25, 0.3) is 22.2 Å². The second kappa shape index (κ2) is 3.30. The van der Waals surface area contributed by atoms with Gasteiger partial charge in [-0.05, 0) is 17.7 Å². The topological polar surface area (TPSA) is 80.5 Å². The molecule has 0 aliphatic carbocycles. The second-order valence-electron chi connectivity index (χ2n) is 3.46. The van der Waals surface area contributed by atoms with Crippen molar-refractivity contribution in [1.29, 1.82) is 0 Å². The summed E-state index contributed by atoms with van der Waals surface area (Å²) in [6, 6.07) is 5.95. The normalized spacial score (nSPS) is 10.8. The maximum atomic E-state index is 5.44. The number of rotatable bonds is 1. The third-order valence-corrected chi connectivity index (χ3v) is 2.43. The third-order valence-electron chi connectivity index (χ3n) is 2.43. The first-order valence-electron chi connectivity index (χ1n) is 4.84. The van der Waals surface area contributed by atoms with Crippen molar-refractivity contribution in [3.63, 3.8) is 0 Å². The fourth-order valence-corrected chi connectivity index (χ4v) is 1.60. The molecule has 3 N–H and O–H groups in total. The van der Waals surface area contributed by atoms with Gasteiger partial charge in [0.25, 0.3) is 0 Å². The smallest absolute Gasteiger partial charge is 0.219 e. The number of nitrogen functional groups attached to an aromatic ring is 1. The first-order chi connectivity index (χ1) is 7.83. The lowest BCUT2D eigenvalue weighted by Gasteiger charge is -2.00. The number of nitrogens with zero attached hydrogens (tertiary/aromatic N) is 3. The summed E-state index contributed by atoms with van der Waals surface area (Å²) in [5, 5.41) is 0. The number of nitrogens with two attached hydrogens (primary N) is 1. The summed E-state index contributed by atoms with van der Waals surface area (Å²) in [5.74, 6) is 0.284. The van der Waals surface area contributed by atoms with Crippen molar-refractivity contribution in [1.82, 2.24) is 19.9 Å². The lowest BCUT2D eigenvalue weighted by Crippen LogP contribution is -1.93. The number of benzene rings is 1. The molecule has 0 aliphatic rings.